The zero-order valence-corrected chi connectivity index (χ0v) is 11.4. The van der Waals surface area contributed by atoms with Gasteiger partial charge in [-0.2, -0.15) is 10.2 Å². The topological polar surface area (TPSA) is 66.9 Å². The predicted octanol–water partition coefficient (Wildman–Crippen LogP) is 1.08. The van der Waals surface area contributed by atoms with Crippen LogP contribution in [0.15, 0.2) is 6.07 Å². The molecule has 18 heavy (non-hydrogen) atoms. The van der Waals surface area contributed by atoms with Crippen LogP contribution in [-0.4, -0.2) is 35.7 Å². The number of amides is 1. The Kier molecular flexibility index (Phi) is 6.28. The molecule has 1 aromatic rings. The minimum atomic E-state index is -0.0665. The molecule has 0 saturated carbocycles. The summed E-state index contributed by atoms with van der Waals surface area (Å²) in [6.07, 6.45) is 1.81. The Morgan fingerprint density at radius 2 is 2.00 bits per heavy atom. The van der Waals surface area contributed by atoms with Gasteiger partial charge in [0.2, 0.25) is 0 Å². The van der Waals surface area contributed by atoms with E-state index in [0.29, 0.717) is 18.5 Å². The summed E-state index contributed by atoms with van der Waals surface area (Å²) in [5, 5.41) is 14.2. The van der Waals surface area contributed by atoms with Gasteiger partial charge in [0, 0.05) is 13.1 Å². The first-order chi connectivity index (χ1) is 8.69. The largest absolute Gasteiger partial charge is 0.351 e. The lowest BCUT2D eigenvalue weighted by atomic mass is 10.1. The highest BCUT2D eigenvalue weighted by Crippen LogP contribution is 2.06. The molecule has 0 aliphatic heterocycles. The molecule has 5 nitrogen and oxygen atoms in total. The fraction of sp³-hybridized carbons (Fsp3) is 0.615. The molecule has 0 bridgehead atoms. The molecule has 0 atom stereocenters. The second kappa shape index (κ2) is 7.76. The van der Waals surface area contributed by atoms with Crippen LogP contribution in [-0.2, 0) is 6.42 Å². The van der Waals surface area contributed by atoms with Crippen molar-refractivity contribution in [3.05, 3.63) is 23.0 Å². The first-order valence-corrected chi connectivity index (χ1v) is 6.51. The fourth-order valence-electron chi connectivity index (χ4n) is 1.63. The Bertz CT molecular complexity index is 393. The van der Waals surface area contributed by atoms with E-state index in [1.807, 2.05) is 13.8 Å². The number of carbonyl (C=O) groups is 1. The van der Waals surface area contributed by atoms with Crippen LogP contribution in [0.2, 0.25) is 0 Å². The summed E-state index contributed by atoms with van der Waals surface area (Å²) in [4.78, 5) is 12.0. The maximum absolute atomic E-state index is 12.0. The SMILES string of the molecule is CCCNCCNC(=O)c1cc(C)nnc1CC. The summed E-state index contributed by atoms with van der Waals surface area (Å²) < 4.78 is 0. The normalized spacial score (nSPS) is 10.4. The molecule has 0 radical (unpaired) electrons. The molecule has 0 saturated heterocycles. The highest BCUT2D eigenvalue weighted by Gasteiger charge is 2.11. The number of aromatic nitrogens is 2. The van der Waals surface area contributed by atoms with Crippen molar-refractivity contribution in [2.75, 3.05) is 19.6 Å². The van der Waals surface area contributed by atoms with E-state index in [2.05, 4.69) is 27.8 Å². The number of aryl methyl sites for hydroxylation is 2. The number of rotatable bonds is 7. The molecule has 2 N–H and O–H groups in total. The van der Waals surface area contributed by atoms with Crippen molar-refractivity contribution in [2.24, 2.45) is 0 Å². The van der Waals surface area contributed by atoms with Gasteiger partial charge in [0.05, 0.1) is 17.0 Å². The van der Waals surface area contributed by atoms with Crippen molar-refractivity contribution in [1.82, 2.24) is 20.8 Å². The summed E-state index contributed by atoms with van der Waals surface area (Å²) in [6, 6.07) is 1.79. The quantitative estimate of drug-likeness (QED) is 0.711. The van der Waals surface area contributed by atoms with E-state index in [-0.39, 0.29) is 5.91 Å². The van der Waals surface area contributed by atoms with Gasteiger partial charge >= 0.3 is 0 Å². The lowest BCUT2D eigenvalue weighted by Crippen LogP contribution is -2.32. The van der Waals surface area contributed by atoms with Crippen LogP contribution in [0.25, 0.3) is 0 Å². The zero-order chi connectivity index (χ0) is 13.4. The maximum Gasteiger partial charge on any atom is 0.253 e. The molecule has 0 aliphatic carbocycles. The van der Waals surface area contributed by atoms with Crippen LogP contribution in [0.4, 0.5) is 0 Å². The van der Waals surface area contributed by atoms with Crippen molar-refractivity contribution >= 4 is 5.91 Å². The van der Waals surface area contributed by atoms with Crippen molar-refractivity contribution in [3.8, 4) is 0 Å². The highest BCUT2D eigenvalue weighted by molar-refractivity contribution is 5.95. The molecule has 0 aliphatic rings. The van der Waals surface area contributed by atoms with E-state index in [9.17, 15) is 4.79 Å². The van der Waals surface area contributed by atoms with Crippen molar-refractivity contribution in [3.63, 3.8) is 0 Å². The smallest absolute Gasteiger partial charge is 0.253 e. The van der Waals surface area contributed by atoms with Gasteiger partial charge in [-0.1, -0.05) is 13.8 Å². The molecule has 0 spiro atoms. The van der Waals surface area contributed by atoms with E-state index in [4.69, 9.17) is 0 Å². The second-order valence-electron chi connectivity index (χ2n) is 4.21. The first kappa shape index (κ1) is 14.6. The Labute approximate surface area is 108 Å². The van der Waals surface area contributed by atoms with E-state index in [0.717, 1.165) is 30.9 Å². The van der Waals surface area contributed by atoms with Crippen LogP contribution in [0.1, 0.15) is 42.0 Å². The molecular weight excluding hydrogens is 228 g/mol. The third kappa shape index (κ3) is 4.41. The van der Waals surface area contributed by atoms with E-state index in [1.165, 1.54) is 0 Å². The Balaban J connectivity index is 2.52. The fourth-order valence-corrected chi connectivity index (χ4v) is 1.63. The number of hydrogen-bond acceptors (Lipinski definition) is 4. The van der Waals surface area contributed by atoms with Crippen LogP contribution in [0.3, 0.4) is 0 Å². The molecule has 1 rings (SSSR count). The minimum Gasteiger partial charge on any atom is -0.351 e. The highest BCUT2D eigenvalue weighted by atomic mass is 16.1. The molecule has 0 aromatic carbocycles. The molecule has 100 valence electrons. The Hall–Kier alpha value is -1.49. The molecule has 1 heterocycles. The van der Waals surface area contributed by atoms with Gasteiger partial charge in [-0.05, 0) is 32.4 Å². The average Bonchev–Trinajstić information content (AvgIpc) is 2.38. The molecular formula is C13H22N4O. The van der Waals surface area contributed by atoms with Crippen molar-refractivity contribution in [1.29, 1.82) is 0 Å². The third-order valence-corrected chi connectivity index (χ3v) is 2.59. The number of nitrogens with zero attached hydrogens (tertiary/aromatic N) is 2. The minimum absolute atomic E-state index is 0.0665. The van der Waals surface area contributed by atoms with Crippen LogP contribution >= 0.6 is 0 Å². The molecule has 1 aromatic heterocycles. The second-order valence-corrected chi connectivity index (χ2v) is 4.21. The third-order valence-electron chi connectivity index (χ3n) is 2.59. The van der Waals surface area contributed by atoms with Gasteiger partial charge in [0.25, 0.3) is 5.91 Å². The molecule has 1 amide bonds. The monoisotopic (exact) mass is 250 g/mol. The van der Waals surface area contributed by atoms with Gasteiger partial charge in [-0.25, -0.2) is 0 Å². The van der Waals surface area contributed by atoms with Gasteiger partial charge in [-0.15, -0.1) is 0 Å². The van der Waals surface area contributed by atoms with E-state index >= 15 is 0 Å². The summed E-state index contributed by atoms with van der Waals surface area (Å²) in [5.74, 6) is -0.0665. The lowest BCUT2D eigenvalue weighted by molar-refractivity contribution is 0.0952. The van der Waals surface area contributed by atoms with Crippen LogP contribution in [0, 0.1) is 6.92 Å². The maximum atomic E-state index is 12.0. The number of hydrogen-bond donors (Lipinski definition) is 2. The molecule has 0 unspecified atom stereocenters. The summed E-state index contributed by atoms with van der Waals surface area (Å²) in [5.41, 5.74) is 2.15. The van der Waals surface area contributed by atoms with Gasteiger partial charge in [0.15, 0.2) is 0 Å². The lowest BCUT2D eigenvalue weighted by Gasteiger charge is -2.09. The van der Waals surface area contributed by atoms with Gasteiger partial charge in [-0.3, -0.25) is 4.79 Å². The van der Waals surface area contributed by atoms with Crippen LogP contribution < -0.4 is 10.6 Å². The standard InChI is InChI=1S/C13H22N4O/c1-4-6-14-7-8-15-13(18)11-9-10(3)16-17-12(11)5-2/h9,14H,4-8H2,1-3H3,(H,15,18). The molecule has 0 fully saturated rings. The van der Waals surface area contributed by atoms with Crippen molar-refractivity contribution in [2.45, 2.75) is 33.6 Å². The average molecular weight is 250 g/mol. The number of carbonyl (C=O) groups excluding carboxylic acids is 1. The Morgan fingerprint density at radius 1 is 1.22 bits per heavy atom. The predicted molar refractivity (Wildman–Crippen MR) is 71.6 cm³/mol. The zero-order valence-electron chi connectivity index (χ0n) is 11.4. The van der Waals surface area contributed by atoms with Gasteiger partial charge in [0.1, 0.15) is 0 Å². The summed E-state index contributed by atoms with van der Waals surface area (Å²) in [7, 11) is 0. The first-order valence-electron chi connectivity index (χ1n) is 6.51. The summed E-state index contributed by atoms with van der Waals surface area (Å²) in [6.45, 7) is 8.32. The number of nitrogens with one attached hydrogen (secondary N) is 2. The molecule has 5 heteroatoms. The van der Waals surface area contributed by atoms with Gasteiger partial charge < -0.3 is 10.6 Å². The summed E-state index contributed by atoms with van der Waals surface area (Å²) >= 11 is 0. The van der Waals surface area contributed by atoms with Crippen molar-refractivity contribution < 1.29 is 4.79 Å². The van der Waals surface area contributed by atoms with E-state index < -0.39 is 0 Å². The Morgan fingerprint density at radius 3 is 2.67 bits per heavy atom. The van der Waals surface area contributed by atoms with E-state index in [1.54, 1.807) is 6.07 Å². The van der Waals surface area contributed by atoms with Crippen LogP contribution in [0.5, 0.6) is 0 Å².